The largest absolute Gasteiger partial charge is 0.454 e. The van der Waals surface area contributed by atoms with Crippen LogP contribution in [-0.2, 0) is 24.3 Å². The highest BCUT2D eigenvalue weighted by atomic mass is 32.2. The second kappa shape index (κ2) is 9.87. The molecule has 1 amide bonds. The number of esters is 1. The first-order valence-corrected chi connectivity index (χ1v) is 11.8. The van der Waals surface area contributed by atoms with Gasteiger partial charge in [-0.3, -0.25) is 19.7 Å². The molecule has 2 atom stereocenters. The third-order valence-corrected chi connectivity index (χ3v) is 7.51. The van der Waals surface area contributed by atoms with Crippen molar-refractivity contribution in [3.63, 3.8) is 0 Å². The van der Waals surface area contributed by atoms with E-state index in [2.05, 4.69) is 5.32 Å². The molecule has 1 aliphatic rings. The number of nitro benzene ring substituents is 1. The number of hydrogen-bond acceptors (Lipinski definition) is 8. The fourth-order valence-electron chi connectivity index (χ4n) is 3.55. The molecule has 2 unspecified atom stereocenters. The number of nitrogens with one attached hydrogen (secondary N) is 1. The summed E-state index contributed by atoms with van der Waals surface area (Å²) in [6, 6.07) is 7.22. The molecule has 34 heavy (non-hydrogen) atoms. The summed E-state index contributed by atoms with van der Waals surface area (Å²) >= 11 is 0. The van der Waals surface area contributed by atoms with Gasteiger partial charge in [0.1, 0.15) is 6.04 Å². The van der Waals surface area contributed by atoms with Gasteiger partial charge in [0, 0.05) is 25.1 Å². The first kappa shape index (κ1) is 25.3. The molecule has 1 fully saturated rings. The summed E-state index contributed by atoms with van der Waals surface area (Å²) in [6.45, 7) is 4.23. The van der Waals surface area contributed by atoms with E-state index < -0.39 is 45.6 Å². The molecule has 2 N–H and O–H groups in total. The lowest BCUT2D eigenvalue weighted by Gasteiger charge is -2.22. The van der Waals surface area contributed by atoms with Crippen molar-refractivity contribution in [3.05, 3.63) is 63.2 Å². The average molecular weight is 492 g/mol. The number of ether oxygens (including phenoxy) is 1. The zero-order valence-corrected chi connectivity index (χ0v) is 19.7. The number of aliphatic hydroxyl groups excluding tert-OH is 1. The summed E-state index contributed by atoms with van der Waals surface area (Å²) in [4.78, 5) is 35.2. The van der Waals surface area contributed by atoms with Crippen molar-refractivity contribution in [2.24, 2.45) is 0 Å². The average Bonchev–Trinajstić information content (AvgIpc) is 3.18. The number of nitro groups is 1. The van der Waals surface area contributed by atoms with Crippen molar-refractivity contribution in [1.29, 1.82) is 0 Å². The Bertz CT molecular complexity index is 1240. The Balaban J connectivity index is 1.70. The fourth-order valence-corrected chi connectivity index (χ4v) is 5.26. The second-order valence-corrected chi connectivity index (χ2v) is 10.0. The third-order valence-electron chi connectivity index (χ3n) is 5.64. The summed E-state index contributed by atoms with van der Waals surface area (Å²) in [7, 11) is -4.10. The first-order valence-electron chi connectivity index (χ1n) is 10.4. The van der Waals surface area contributed by atoms with Gasteiger partial charge >= 0.3 is 5.97 Å². The minimum Gasteiger partial charge on any atom is -0.454 e. The lowest BCUT2D eigenvalue weighted by Crippen LogP contribution is -2.42. The number of carbonyl (C=O) groups is 2. The van der Waals surface area contributed by atoms with E-state index in [0.717, 1.165) is 15.4 Å². The second-order valence-electron chi connectivity index (χ2n) is 8.14. The van der Waals surface area contributed by atoms with Crippen LogP contribution in [0.4, 0.5) is 11.4 Å². The molecule has 3 rings (SSSR count). The van der Waals surface area contributed by atoms with E-state index in [0.29, 0.717) is 5.56 Å². The summed E-state index contributed by atoms with van der Waals surface area (Å²) in [6.07, 6.45) is -1.24. The lowest BCUT2D eigenvalue weighted by atomic mass is 10.1. The number of benzene rings is 2. The minimum absolute atomic E-state index is 0.0126. The van der Waals surface area contributed by atoms with Crippen LogP contribution >= 0.6 is 0 Å². The van der Waals surface area contributed by atoms with E-state index in [1.807, 2.05) is 6.92 Å². The van der Waals surface area contributed by atoms with Crippen LogP contribution in [0.1, 0.15) is 23.1 Å². The normalized spacial score (nSPS) is 18.5. The monoisotopic (exact) mass is 491 g/mol. The van der Waals surface area contributed by atoms with E-state index in [4.69, 9.17) is 4.74 Å². The maximum Gasteiger partial charge on any atom is 0.325 e. The highest BCUT2D eigenvalue weighted by molar-refractivity contribution is 7.89. The molecular weight excluding hydrogens is 466 g/mol. The molecule has 1 saturated heterocycles. The van der Waals surface area contributed by atoms with Gasteiger partial charge in [-0.1, -0.05) is 12.1 Å². The number of hydrogen-bond donors (Lipinski definition) is 2. The molecule has 12 heteroatoms. The van der Waals surface area contributed by atoms with E-state index in [1.165, 1.54) is 30.3 Å². The minimum atomic E-state index is -4.10. The Hall–Kier alpha value is -3.35. The molecule has 0 spiro atoms. The van der Waals surface area contributed by atoms with Gasteiger partial charge in [0.15, 0.2) is 6.61 Å². The van der Waals surface area contributed by atoms with Crippen LogP contribution in [0.5, 0.6) is 0 Å². The van der Waals surface area contributed by atoms with E-state index in [9.17, 15) is 33.2 Å². The van der Waals surface area contributed by atoms with Gasteiger partial charge in [0.25, 0.3) is 11.6 Å². The summed E-state index contributed by atoms with van der Waals surface area (Å²) in [5.41, 5.74) is 2.19. The molecule has 182 valence electrons. The topological polar surface area (TPSA) is 156 Å². The van der Waals surface area contributed by atoms with Crippen LogP contribution in [0, 0.1) is 30.9 Å². The van der Waals surface area contributed by atoms with Crippen molar-refractivity contribution in [2.45, 2.75) is 44.2 Å². The van der Waals surface area contributed by atoms with E-state index >= 15 is 0 Å². The summed E-state index contributed by atoms with van der Waals surface area (Å²) in [5, 5.41) is 23.4. The van der Waals surface area contributed by atoms with Crippen LogP contribution in [0.15, 0.2) is 41.3 Å². The molecule has 2 aromatic rings. The number of β-amino-alcohol motifs (C(OH)–C–C–N with tert-alkyl or cyclic N) is 1. The zero-order valence-electron chi connectivity index (χ0n) is 18.8. The van der Waals surface area contributed by atoms with Crippen LogP contribution in [-0.4, -0.2) is 59.9 Å². The van der Waals surface area contributed by atoms with Gasteiger partial charge in [0.05, 0.1) is 21.6 Å². The van der Waals surface area contributed by atoms with Gasteiger partial charge in [-0.2, -0.15) is 4.31 Å². The van der Waals surface area contributed by atoms with Gasteiger partial charge in [-0.15, -0.1) is 0 Å². The molecule has 0 aliphatic carbocycles. The van der Waals surface area contributed by atoms with E-state index in [-0.39, 0.29) is 29.2 Å². The number of anilines is 1. The predicted octanol–water partition coefficient (Wildman–Crippen LogP) is 1.83. The van der Waals surface area contributed by atoms with Gasteiger partial charge in [-0.25, -0.2) is 8.42 Å². The standard InChI is InChI=1S/C22H25N3O8S/c1-13-5-7-18(8-15(13)3)34(31,32)24-11-17(26)10-20(24)22(28)33-12-21(27)23-19-9-16(25(29)30)6-4-14(19)2/h4-9,17,20,26H,10-12H2,1-3H3,(H,23,27). The van der Waals surface area contributed by atoms with Crippen molar-refractivity contribution in [1.82, 2.24) is 4.31 Å². The Kier molecular flexibility index (Phi) is 7.34. The molecule has 0 radical (unpaired) electrons. The lowest BCUT2D eigenvalue weighted by molar-refractivity contribution is -0.384. The predicted molar refractivity (Wildman–Crippen MR) is 122 cm³/mol. The van der Waals surface area contributed by atoms with Crippen molar-refractivity contribution < 1.29 is 32.8 Å². The van der Waals surface area contributed by atoms with Gasteiger partial charge in [-0.05, 0) is 49.6 Å². The van der Waals surface area contributed by atoms with E-state index in [1.54, 1.807) is 19.9 Å². The first-order chi connectivity index (χ1) is 15.9. The molecule has 1 aliphatic heterocycles. The highest BCUT2D eigenvalue weighted by Gasteiger charge is 2.44. The Morgan fingerprint density at radius 3 is 2.47 bits per heavy atom. The van der Waals surface area contributed by atoms with Crippen molar-refractivity contribution in [3.8, 4) is 0 Å². The van der Waals surface area contributed by atoms with Crippen molar-refractivity contribution in [2.75, 3.05) is 18.5 Å². The number of aliphatic hydroxyl groups is 1. The number of nitrogens with zero attached hydrogens (tertiary/aromatic N) is 2. The number of aryl methyl sites for hydroxylation is 3. The Morgan fingerprint density at radius 1 is 1.15 bits per heavy atom. The van der Waals surface area contributed by atoms with Crippen LogP contribution in [0.2, 0.25) is 0 Å². The number of non-ortho nitro benzene ring substituents is 1. The summed E-state index contributed by atoms with van der Waals surface area (Å²) in [5.74, 6) is -1.73. The quantitative estimate of drug-likeness (QED) is 0.337. The zero-order chi connectivity index (χ0) is 25.2. The summed E-state index contributed by atoms with van der Waals surface area (Å²) < 4.78 is 32.2. The van der Waals surface area contributed by atoms with Crippen LogP contribution in [0.3, 0.4) is 0 Å². The molecule has 1 heterocycles. The molecule has 11 nitrogen and oxygen atoms in total. The smallest absolute Gasteiger partial charge is 0.325 e. The molecule has 2 aromatic carbocycles. The van der Waals surface area contributed by atoms with Crippen LogP contribution < -0.4 is 5.32 Å². The van der Waals surface area contributed by atoms with Gasteiger partial charge < -0.3 is 15.2 Å². The third kappa shape index (κ3) is 5.41. The van der Waals surface area contributed by atoms with Crippen molar-refractivity contribution >= 4 is 33.3 Å². The molecule has 0 saturated carbocycles. The maximum atomic E-state index is 13.1. The molecule has 0 aromatic heterocycles. The Morgan fingerprint density at radius 2 is 1.82 bits per heavy atom. The number of carbonyl (C=O) groups excluding carboxylic acids is 2. The number of rotatable bonds is 7. The highest BCUT2D eigenvalue weighted by Crippen LogP contribution is 2.28. The number of sulfonamides is 1. The fraction of sp³-hybridized carbons (Fsp3) is 0.364. The number of amides is 1. The van der Waals surface area contributed by atoms with Gasteiger partial charge in [0.2, 0.25) is 10.0 Å². The van der Waals surface area contributed by atoms with Crippen LogP contribution in [0.25, 0.3) is 0 Å². The molecular formula is C22H25N3O8S. The maximum absolute atomic E-state index is 13.1. The Labute approximate surface area is 196 Å². The molecule has 0 bridgehead atoms. The SMILES string of the molecule is Cc1ccc(S(=O)(=O)N2CC(O)CC2C(=O)OCC(=O)Nc2cc([N+](=O)[O-])ccc2C)cc1C.